The monoisotopic (exact) mass is 315 g/mol. The van der Waals surface area contributed by atoms with E-state index in [2.05, 4.69) is 25.2 Å². The summed E-state index contributed by atoms with van der Waals surface area (Å²) in [6.07, 6.45) is 4.15. The average molecular weight is 316 g/mol. The molecule has 0 aliphatic rings. The molecule has 0 saturated heterocycles. The number of aliphatic hydroxyl groups is 1. The summed E-state index contributed by atoms with van der Waals surface area (Å²) in [5.41, 5.74) is -0.106. The molecule has 2 N–H and O–H groups in total. The van der Waals surface area contributed by atoms with Crippen molar-refractivity contribution in [3.63, 3.8) is 0 Å². The van der Waals surface area contributed by atoms with E-state index in [0.717, 1.165) is 43.0 Å². The molecule has 0 aliphatic heterocycles. The second-order valence-corrected chi connectivity index (χ2v) is 6.73. The standard InChI is InChI=1S/C16H26ClNOS/c1-3-10-18-16(4-2,13-19)9-6-11-20-15-8-5-7-14(17)12-15/h5,7-8,12,18-19H,3-4,6,9-11,13H2,1-2H3. The van der Waals surface area contributed by atoms with Gasteiger partial charge in [0.2, 0.25) is 0 Å². The molecule has 20 heavy (non-hydrogen) atoms. The number of benzene rings is 1. The van der Waals surface area contributed by atoms with Gasteiger partial charge in [0.15, 0.2) is 0 Å². The lowest BCUT2D eigenvalue weighted by Crippen LogP contribution is -2.48. The number of halogens is 1. The number of hydrogen-bond acceptors (Lipinski definition) is 3. The molecule has 0 fully saturated rings. The van der Waals surface area contributed by atoms with Crippen molar-refractivity contribution in [3.05, 3.63) is 29.3 Å². The van der Waals surface area contributed by atoms with E-state index in [1.165, 1.54) is 4.90 Å². The van der Waals surface area contributed by atoms with E-state index in [-0.39, 0.29) is 12.1 Å². The van der Waals surface area contributed by atoms with Crippen LogP contribution in [0.1, 0.15) is 39.5 Å². The third-order valence-corrected chi connectivity index (χ3v) is 4.91. The zero-order valence-corrected chi connectivity index (χ0v) is 14.1. The van der Waals surface area contributed by atoms with Crippen LogP contribution < -0.4 is 5.32 Å². The third-order valence-electron chi connectivity index (χ3n) is 3.59. The van der Waals surface area contributed by atoms with Crippen LogP contribution in [-0.2, 0) is 0 Å². The lowest BCUT2D eigenvalue weighted by atomic mass is 9.91. The maximum atomic E-state index is 9.67. The van der Waals surface area contributed by atoms with Gasteiger partial charge in [0.25, 0.3) is 0 Å². The Labute approximate surface area is 132 Å². The third kappa shape index (κ3) is 6.04. The zero-order chi connectivity index (χ0) is 14.8. The van der Waals surface area contributed by atoms with Gasteiger partial charge in [-0.2, -0.15) is 0 Å². The highest BCUT2D eigenvalue weighted by Gasteiger charge is 2.25. The molecular formula is C16H26ClNOS. The average Bonchev–Trinajstić information content (AvgIpc) is 2.47. The minimum absolute atomic E-state index is 0.106. The molecule has 1 aromatic carbocycles. The molecule has 2 nitrogen and oxygen atoms in total. The first-order valence-corrected chi connectivity index (χ1v) is 8.76. The van der Waals surface area contributed by atoms with E-state index in [9.17, 15) is 5.11 Å². The van der Waals surface area contributed by atoms with Crippen LogP contribution in [-0.4, -0.2) is 29.5 Å². The Kier molecular flexibility index (Phi) is 8.62. The maximum absolute atomic E-state index is 9.67. The molecule has 0 spiro atoms. The summed E-state index contributed by atoms with van der Waals surface area (Å²) in [4.78, 5) is 1.21. The van der Waals surface area contributed by atoms with Gasteiger partial charge in [-0.05, 0) is 56.2 Å². The van der Waals surface area contributed by atoms with Crippen LogP contribution in [0.4, 0.5) is 0 Å². The van der Waals surface area contributed by atoms with Crippen molar-refractivity contribution in [1.82, 2.24) is 5.32 Å². The number of thioether (sulfide) groups is 1. The largest absolute Gasteiger partial charge is 0.394 e. The van der Waals surface area contributed by atoms with Crippen LogP contribution in [0.2, 0.25) is 5.02 Å². The predicted octanol–water partition coefficient (Wildman–Crippen LogP) is 4.35. The minimum atomic E-state index is -0.106. The highest BCUT2D eigenvalue weighted by molar-refractivity contribution is 7.99. The molecule has 0 aliphatic carbocycles. The van der Waals surface area contributed by atoms with E-state index in [1.54, 1.807) is 0 Å². The quantitative estimate of drug-likeness (QED) is 0.497. The SMILES string of the molecule is CCCNC(CC)(CO)CCCSc1cccc(Cl)c1. The Hall–Kier alpha value is -0.220. The first-order valence-electron chi connectivity index (χ1n) is 7.40. The number of aliphatic hydroxyl groups excluding tert-OH is 1. The molecule has 1 rings (SSSR count). The van der Waals surface area contributed by atoms with Gasteiger partial charge in [0.1, 0.15) is 0 Å². The van der Waals surface area contributed by atoms with Crippen molar-refractivity contribution < 1.29 is 5.11 Å². The highest BCUT2D eigenvalue weighted by atomic mass is 35.5. The Morgan fingerprint density at radius 3 is 2.75 bits per heavy atom. The van der Waals surface area contributed by atoms with E-state index in [1.807, 2.05) is 30.0 Å². The molecule has 4 heteroatoms. The fourth-order valence-electron chi connectivity index (χ4n) is 2.18. The second kappa shape index (κ2) is 9.67. The lowest BCUT2D eigenvalue weighted by Gasteiger charge is -2.32. The van der Waals surface area contributed by atoms with E-state index < -0.39 is 0 Å². The summed E-state index contributed by atoms with van der Waals surface area (Å²) in [7, 11) is 0. The molecule has 1 atom stereocenters. The second-order valence-electron chi connectivity index (χ2n) is 5.13. The molecule has 0 heterocycles. The molecule has 0 bridgehead atoms. The normalized spacial score (nSPS) is 14.2. The summed E-state index contributed by atoms with van der Waals surface area (Å²) in [5.74, 6) is 1.05. The van der Waals surface area contributed by atoms with Crippen molar-refractivity contribution in [2.45, 2.75) is 50.0 Å². The van der Waals surface area contributed by atoms with Crippen LogP contribution >= 0.6 is 23.4 Å². The van der Waals surface area contributed by atoms with Crippen LogP contribution in [0, 0.1) is 0 Å². The van der Waals surface area contributed by atoms with Gasteiger partial charge >= 0.3 is 0 Å². The van der Waals surface area contributed by atoms with Crippen molar-refractivity contribution >= 4 is 23.4 Å². The molecule has 1 aromatic rings. The Balaban J connectivity index is 2.37. The van der Waals surface area contributed by atoms with E-state index >= 15 is 0 Å². The van der Waals surface area contributed by atoms with Gasteiger partial charge in [-0.15, -0.1) is 11.8 Å². The first kappa shape index (κ1) is 17.8. The smallest absolute Gasteiger partial charge is 0.0613 e. The fraction of sp³-hybridized carbons (Fsp3) is 0.625. The van der Waals surface area contributed by atoms with E-state index in [4.69, 9.17) is 11.6 Å². The fourth-order valence-corrected chi connectivity index (χ4v) is 3.35. The van der Waals surface area contributed by atoms with Crippen molar-refractivity contribution in [2.75, 3.05) is 18.9 Å². The number of hydrogen-bond donors (Lipinski definition) is 2. The summed E-state index contributed by atoms with van der Waals surface area (Å²) < 4.78 is 0. The Bertz CT molecular complexity index is 382. The molecule has 1 unspecified atom stereocenters. The predicted molar refractivity (Wildman–Crippen MR) is 89.8 cm³/mol. The summed E-state index contributed by atoms with van der Waals surface area (Å²) in [6.45, 7) is 5.48. The van der Waals surface area contributed by atoms with Crippen molar-refractivity contribution in [3.8, 4) is 0 Å². The summed E-state index contributed by atoms with van der Waals surface area (Å²) in [5, 5.41) is 14.0. The van der Waals surface area contributed by atoms with Gasteiger partial charge in [-0.3, -0.25) is 0 Å². The van der Waals surface area contributed by atoms with Crippen LogP contribution in [0.3, 0.4) is 0 Å². The lowest BCUT2D eigenvalue weighted by molar-refractivity contribution is 0.146. The van der Waals surface area contributed by atoms with Gasteiger partial charge in [0.05, 0.1) is 6.61 Å². The van der Waals surface area contributed by atoms with Crippen LogP contribution in [0.5, 0.6) is 0 Å². The van der Waals surface area contributed by atoms with E-state index in [0.29, 0.717) is 0 Å². The molecule has 114 valence electrons. The minimum Gasteiger partial charge on any atom is -0.394 e. The number of nitrogens with one attached hydrogen (secondary N) is 1. The van der Waals surface area contributed by atoms with Gasteiger partial charge < -0.3 is 10.4 Å². The summed E-state index contributed by atoms with van der Waals surface area (Å²) >= 11 is 7.80. The molecule has 0 amide bonds. The van der Waals surface area contributed by atoms with Crippen molar-refractivity contribution in [2.24, 2.45) is 0 Å². The van der Waals surface area contributed by atoms with Crippen molar-refractivity contribution in [1.29, 1.82) is 0 Å². The van der Waals surface area contributed by atoms with Gasteiger partial charge in [-0.25, -0.2) is 0 Å². The van der Waals surface area contributed by atoms with Crippen LogP contribution in [0.15, 0.2) is 29.2 Å². The first-order chi connectivity index (χ1) is 9.65. The molecule has 0 radical (unpaired) electrons. The Morgan fingerprint density at radius 2 is 2.15 bits per heavy atom. The zero-order valence-electron chi connectivity index (χ0n) is 12.5. The highest BCUT2D eigenvalue weighted by Crippen LogP contribution is 2.25. The molecular weight excluding hydrogens is 290 g/mol. The van der Waals surface area contributed by atoms with Gasteiger partial charge in [0, 0.05) is 15.5 Å². The number of rotatable bonds is 10. The maximum Gasteiger partial charge on any atom is 0.0613 e. The van der Waals surface area contributed by atoms with Crippen LogP contribution in [0.25, 0.3) is 0 Å². The molecule has 0 aromatic heterocycles. The summed E-state index contributed by atoms with van der Waals surface area (Å²) in [6, 6.07) is 7.97. The Morgan fingerprint density at radius 1 is 1.35 bits per heavy atom. The topological polar surface area (TPSA) is 32.3 Å². The molecule has 0 saturated carbocycles. The van der Waals surface area contributed by atoms with Gasteiger partial charge in [-0.1, -0.05) is 31.5 Å².